The maximum atomic E-state index is 4.45. The summed E-state index contributed by atoms with van der Waals surface area (Å²) >= 11 is 1.83. The average Bonchev–Trinajstić information content (AvgIpc) is 3.14. The van der Waals surface area contributed by atoms with Gasteiger partial charge in [0.25, 0.3) is 0 Å². The van der Waals surface area contributed by atoms with Gasteiger partial charge in [0.1, 0.15) is 17.0 Å². The van der Waals surface area contributed by atoms with Gasteiger partial charge in [-0.15, -0.1) is 11.3 Å². The molecule has 0 aliphatic heterocycles. The van der Waals surface area contributed by atoms with Gasteiger partial charge in [-0.1, -0.05) is 0 Å². The van der Waals surface area contributed by atoms with Crippen molar-refractivity contribution in [1.82, 2.24) is 19.7 Å². The van der Waals surface area contributed by atoms with Crippen molar-refractivity contribution >= 4 is 27.4 Å². The molecule has 4 rings (SSSR count). The van der Waals surface area contributed by atoms with Crippen molar-refractivity contribution in [2.45, 2.75) is 32.7 Å². The molecule has 6 heteroatoms. The summed E-state index contributed by atoms with van der Waals surface area (Å²) in [4.78, 5) is 11.5. The summed E-state index contributed by atoms with van der Waals surface area (Å²) in [6.45, 7) is 3.71. The number of nitrogens with one attached hydrogen (secondary N) is 1. The lowest BCUT2D eigenvalue weighted by atomic mass is 10.2. The Morgan fingerprint density at radius 1 is 1.33 bits per heavy atom. The molecule has 0 saturated carbocycles. The van der Waals surface area contributed by atoms with Gasteiger partial charge >= 0.3 is 0 Å². The van der Waals surface area contributed by atoms with Crippen LogP contribution >= 0.6 is 11.3 Å². The van der Waals surface area contributed by atoms with Crippen molar-refractivity contribution in [1.29, 1.82) is 0 Å². The summed E-state index contributed by atoms with van der Waals surface area (Å²) in [5, 5.41) is 9.00. The molecule has 0 atom stereocenters. The molecular formula is C15H17N5S. The molecule has 0 bridgehead atoms. The lowest BCUT2D eigenvalue weighted by Gasteiger charge is -2.07. The van der Waals surface area contributed by atoms with Crippen LogP contribution in [-0.4, -0.2) is 26.3 Å². The minimum absolute atomic E-state index is 0.817. The highest BCUT2D eigenvalue weighted by atomic mass is 32.1. The van der Waals surface area contributed by atoms with Gasteiger partial charge < -0.3 is 5.32 Å². The standard InChI is InChI=1S/C15H17N5S/c1-10-7-19-20(8-10)6-5-16-14-13-11-3-2-4-12(11)21-15(13)18-9-17-14/h7-9H,2-6H2,1H3,(H,16,17,18). The number of rotatable bonds is 4. The van der Waals surface area contributed by atoms with Gasteiger partial charge in [-0.3, -0.25) is 4.68 Å². The molecule has 108 valence electrons. The monoisotopic (exact) mass is 299 g/mol. The van der Waals surface area contributed by atoms with Gasteiger partial charge in [0.2, 0.25) is 0 Å². The lowest BCUT2D eigenvalue weighted by molar-refractivity contribution is 0.637. The van der Waals surface area contributed by atoms with Crippen LogP contribution in [0.15, 0.2) is 18.7 Å². The fraction of sp³-hybridized carbons (Fsp3) is 0.400. The van der Waals surface area contributed by atoms with E-state index in [1.54, 1.807) is 6.33 Å². The molecule has 3 aromatic heterocycles. The van der Waals surface area contributed by atoms with Crippen molar-refractivity contribution < 1.29 is 0 Å². The molecule has 1 aliphatic carbocycles. The Balaban J connectivity index is 1.56. The van der Waals surface area contributed by atoms with Gasteiger partial charge in [-0.2, -0.15) is 5.10 Å². The van der Waals surface area contributed by atoms with Crippen LogP contribution in [-0.2, 0) is 19.4 Å². The number of hydrogen-bond acceptors (Lipinski definition) is 5. The quantitative estimate of drug-likeness (QED) is 0.805. The molecule has 0 fully saturated rings. The van der Waals surface area contributed by atoms with E-state index in [1.165, 1.54) is 34.2 Å². The molecule has 0 spiro atoms. The second-order valence-corrected chi connectivity index (χ2v) is 6.55. The third-order valence-corrected chi connectivity index (χ3v) is 5.10. The number of aryl methyl sites for hydroxylation is 3. The minimum atomic E-state index is 0.817. The smallest absolute Gasteiger partial charge is 0.138 e. The number of hydrogen-bond donors (Lipinski definition) is 1. The predicted octanol–water partition coefficient (Wildman–Crippen LogP) is 2.80. The second-order valence-electron chi connectivity index (χ2n) is 5.47. The number of nitrogens with zero attached hydrogens (tertiary/aromatic N) is 4. The molecule has 3 aromatic rings. The van der Waals surface area contributed by atoms with Gasteiger partial charge in [-0.25, -0.2) is 9.97 Å². The normalized spacial score (nSPS) is 13.8. The van der Waals surface area contributed by atoms with Gasteiger partial charge in [-0.05, 0) is 37.3 Å². The average molecular weight is 299 g/mol. The molecular weight excluding hydrogens is 282 g/mol. The SMILES string of the molecule is Cc1cnn(CCNc2ncnc3sc4c(c23)CCC4)c1. The van der Waals surface area contributed by atoms with E-state index in [0.29, 0.717) is 0 Å². The number of aromatic nitrogens is 4. The molecule has 0 radical (unpaired) electrons. The first-order chi connectivity index (χ1) is 10.3. The molecule has 0 aromatic carbocycles. The van der Waals surface area contributed by atoms with Gasteiger partial charge in [0, 0.05) is 17.6 Å². The molecule has 0 amide bonds. The van der Waals surface area contributed by atoms with Crippen LogP contribution in [0.2, 0.25) is 0 Å². The minimum Gasteiger partial charge on any atom is -0.368 e. The van der Waals surface area contributed by atoms with E-state index in [2.05, 4.69) is 33.5 Å². The van der Waals surface area contributed by atoms with E-state index in [-0.39, 0.29) is 0 Å². The van der Waals surface area contributed by atoms with Crippen molar-refractivity contribution in [3.05, 3.63) is 34.7 Å². The Morgan fingerprint density at radius 2 is 2.29 bits per heavy atom. The Morgan fingerprint density at radius 3 is 3.14 bits per heavy atom. The number of anilines is 1. The van der Waals surface area contributed by atoms with E-state index >= 15 is 0 Å². The third-order valence-electron chi connectivity index (χ3n) is 3.90. The Hall–Kier alpha value is -1.95. The maximum Gasteiger partial charge on any atom is 0.138 e. The van der Waals surface area contributed by atoms with E-state index < -0.39 is 0 Å². The predicted molar refractivity (Wildman–Crippen MR) is 84.9 cm³/mol. The van der Waals surface area contributed by atoms with Crippen molar-refractivity contribution in [2.24, 2.45) is 0 Å². The fourth-order valence-corrected chi connectivity index (χ4v) is 4.17. The molecule has 1 N–H and O–H groups in total. The number of thiophene rings is 1. The van der Waals surface area contributed by atoms with Crippen LogP contribution in [0, 0.1) is 6.92 Å². The second kappa shape index (κ2) is 5.11. The lowest BCUT2D eigenvalue weighted by Crippen LogP contribution is -2.12. The number of fused-ring (bicyclic) bond motifs is 3. The fourth-order valence-electron chi connectivity index (χ4n) is 2.94. The van der Waals surface area contributed by atoms with Crippen LogP contribution in [0.1, 0.15) is 22.4 Å². The van der Waals surface area contributed by atoms with E-state index in [4.69, 9.17) is 0 Å². The Kier molecular flexibility index (Phi) is 3.11. The first-order valence-corrected chi connectivity index (χ1v) is 8.11. The Bertz CT molecular complexity index is 789. The van der Waals surface area contributed by atoms with Crippen molar-refractivity contribution in [3.8, 4) is 0 Å². The van der Waals surface area contributed by atoms with Crippen LogP contribution in [0.3, 0.4) is 0 Å². The van der Waals surface area contributed by atoms with Gasteiger partial charge in [0.05, 0.1) is 18.1 Å². The molecule has 3 heterocycles. The van der Waals surface area contributed by atoms with E-state index in [0.717, 1.165) is 30.2 Å². The van der Waals surface area contributed by atoms with Crippen LogP contribution < -0.4 is 5.32 Å². The summed E-state index contributed by atoms with van der Waals surface area (Å²) in [6.07, 6.45) is 9.22. The third kappa shape index (κ3) is 2.29. The topological polar surface area (TPSA) is 55.6 Å². The van der Waals surface area contributed by atoms with Gasteiger partial charge in [0.15, 0.2) is 0 Å². The maximum absolute atomic E-state index is 4.45. The summed E-state index contributed by atoms with van der Waals surface area (Å²) in [5.41, 5.74) is 2.66. The summed E-state index contributed by atoms with van der Waals surface area (Å²) in [5.74, 6) is 0.975. The van der Waals surface area contributed by atoms with Crippen LogP contribution in [0.25, 0.3) is 10.2 Å². The first-order valence-electron chi connectivity index (χ1n) is 7.29. The molecule has 1 aliphatic rings. The summed E-state index contributed by atoms with van der Waals surface area (Å²) in [6, 6.07) is 0. The van der Waals surface area contributed by atoms with Crippen molar-refractivity contribution in [3.63, 3.8) is 0 Å². The zero-order valence-corrected chi connectivity index (χ0v) is 12.8. The summed E-state index contributed by atoms with van der Waals surface area (Å²) in [7, 11) is 0. The Labute approximate surface area is 127 Å². The van der Waals surface area contributed by atoms with Crippen LogP contribution in [0.5, 0.6) is 0 Å². The molecule has 0 saturated heterocycles. The zero-order chi connectivity index (χ0) is 14.2. The molecule has 21 heavy (non-hydrogen) atoms. The highest BCUT2D eigenvalue weighted by Crippen LogP contribution is 2.38. The van der Waals surface area contributed by atoms with E-state index in [9.17, 15) is 0 Å². The highest BCUT2D eigenvalue weighted by molar-refractivity contribution is 7.19. The first kappa shape index (κ1) is 12.8. The largest absolute Gasteiger partial charge is 0.368 e. The molecule has 5 nitrogen and oxygen atoms in total. The van der Waals surface area contributed by atoms with Crippen LogP contribution in [0.4, 0.5) is 5.82 Å². The van der Waals surface area contributed by atoms with E-state index in [1.807, 2.05) is 22.2 Å². The molecule has 0 unspecified atom stereocenters. The van der Waals surface area contributed by atoms with Crippen molar-refractivity contribution in [2.75, 3.05) is 11.9 Å². The highest BCUT2D eigenvalue weighted by Gasteiger charge is 2.20. The summed E-state index contributed by atoms with van der Waals surface area (Å²) < 4.78 is 1.96. The zero-order valence-electron chi connectivity index (χ0n) is 12.0.